The van der Waals surface area contributed by atoms with Crippen LogP contribution in [0.15, 0.2) is 81.5 Å². The number of aromatic nitrogens is 6. The number of nitrogens with zero attached hydrogens (tertiary/aromatic N) is 6. The fourth-order valence-electron chi connectivity index (χ4n) is 4.08. The van der Waals surface area contributed by atoms with Crippen LogP contribution in [-0.2, 0) is 4.79 Å². The molecular formula is C25H18ClFN10O2. The van der Waals surface area contributed by atoms with Gasteiger partial charge in [0.05, 0.1) is 5.57 Å². The molecule has 3 aromatic heterocycles. The summed E-state index contributed by atoms with van der Waals surface area (Å²) in [7, 11) is 0. The molecule has 4 heterocycles. The Balaban J connectivity index is 1.29. The number of rotatable bonds is 5. The van der Waals surface area contributed by atoms with Gasteiger partial charge in [-0.2, -0.15) is 10.2 Å². The minimum absolute atomic E-state index is 0.103. The Morgan fingerprint density at radius 2 is 2.03 bits per heavy atom. The highest BCUT2D eigenvalue weighted by Gasteiger charge is 2.31. The lowest BCUT2D eigenvalue weighted by molar-refractivity contribution is -0.113. The molecule has 1 atom stereocenters. The zero-order chi connectivity index (χ0) is 26.9. The summed E-state index contributed by atoms with van der Waals surface area (Å²) in [5.41, 5.74) is 2.85. The Hall–Kier alpha value is -5.17. The molecular weight excluding hydrogens is 527 g/mol. The number of aliphatic imine (C=N–C) groups is 1. The van der Waals surface area contributed by atoms with Crippen LogP contribution in [0, 0.1) is 5.82 Å². The number of fused-ring (bicyclic) bond motifs is 1. The maximum absolute atomic E-state index is 13.6. The van der Waals surface area contributed by atoms with E-state index in [4.69, 9.17) is 21.0 Å². The molecule has 0 saturated carbocycles. The lowest BCUT2D eigenvalue weighted by atomic mass is 9.95. The van der Waals surface area contributed by atoms with Crippen LogP contribution in [0.4, 0.5) is 16.2 Å². The molecule has 6 rings (SSSR count). The summed E-state index contributed by atoms with van der Waals surface area (Å²) in [6, 6.07) is 13.8. The average molecular weight is 545 g/mol. The van der Waals surface area contributed by atoms with Gasteiger partial charge in [-0.1, -0.05) is 29.8 Å². The predicted molar refractivity (Wildman–Crippen MR) is 141 cm³/mol. The van der Waals surface area contributed by atoms with E-state index >= 15 is 0 Å². The van der Waals surface area contributed by atoms with E-state index in [-0.39, 0.29) is 17.6 Å². The van der Waals surface area contributed by atoms with Gasteiger partial charge in [0.2, 0.25) is 11.8 Å². The number of amides is 1. The lowest BCUT2D eigenvalue weighted by Crippen LogP contribution is -2.37. The number of guanidine groups is 1. The fourth-order valence-corrected chi connectivity index (χ4v) is 4.32. The summed E-state index contributed by atoms with van der Waals surface area (Å²) in [6.07, 6.45) is 1.53. The van der Waals surface area contributed by atoms with Crippen molar-refractivity contribution in [3.8, 4) is 11.4 Å². The number of carbonyl (C=O) groups excluding carboxylic acids is 1. The summed E-state index contributed by atoms with van der Waals surface area (Å²) >= 11 is 6.52. The van der Waals surface area contributed by atoms with Crippen molar-refractivity contribution in [1.82, 2.24) is 35.9 Å². The summed E-state index contributed by atoms with van der Waals surface area (Å²) in [5, 5.41) is 23.0. The third-order valence-electron chi connectivity index (χ3n) is 5.87. The van der Waals surface area contributed by atoms with Crippen LogP contribution in [0.5, 0.6) is 0 Å². The van der Waals surface area contributed by atoms with Gasteiger partial charge in [-0.15, -0.1) is 10.2 Å². The molecule has 194 valence electrons. The van der Waals surface area contributed by atoms with E-state index in [1.54, 1.807) is 37.3 Å². The highest BCUT2D eigenvalue weighted by Crippen LogP contribution is 2.35. The molecule has 0 radical (unpaired) electrons. The molecule has 0 fully saturated rings. The number of oxazole rings is 1. The highest BCUT2D eigenvalue weighted by molar-refractivity contribution is 6.31. The molecule has 1 amide bonds. The van der Waals surface area contributed by atoms with Gasteiger partial charge in [0.1, 0.15) is 23.2 Å². The van der Waals surface area contributed by atoms with Crippen molar-refractivity contribution in [1.29, 1.82) is 0 Å². The van der Waals surface area contributed by atoms with E-state index in [0.717, 1.165) is 0 Å². The monoisotopic (exact) mass is 544 g/mol. The Kier molecular flexibility index (Phi) is 6.17. The number of anilines is 2. The SMILES string of the molecule is CC1=C(C(=O)Nc2ccc(-c3nn[nH]n3)cn2)C(c2ccccc2Cl)N=C(Nc2nc3ccc(F)cc3o2)N1. The van der Waals surface area contributed by atoms with Crippen molar-refractivity contribution in [3.05, 3.63) is 88.5 Å². The smallest absolute Gasteiger partial charge is 0.302 e. The first-order valence-electron chi connectivity index (χ1n) is 11.6. The second kappa shape index (κ2) is 9.95. The van der Waals surface area contributed by atoms with E-state index in [9.17, 15) is 9.18 Å². The molecule has 0 spiro atoms. The third-order valence-corrected chi connectivity index (χ3v) is 6.21. The second-order valence-corrected chi connectivity index (χ2v) is 8.85. The Morgan fingerprint density at radius 1 is 1.15 bits per heavy atom. The number of aromatic amines is 1. The van der Waals surface area contributed by atoms with Crippen LogP contribution < -0.4 is 16.0 Å². The Bertz CT molecular complexity index is 1750. The van der Waals surface area contributed by atoms with Gasteiger partial charge in [-0.05, 0) is 42.5 Å². The van der Waals surface area contributed by atoms with Gasteiger partial charge in [-0.25, -0.2) is 14.4 Å². The van der Waals surface area contributed by atoms with Crippen LogP contribution >= 0.6 is 11.6 Å². The average Bonchev–Trinajstić information content (AvgIpc) is 3.59. The van der Waals surface area contributed by atoms with Crippen molar-refractivity contribution in [3.63, 3.8) is 0 Å². The van der Waals surface area contributed by atoms with Crippen LogP contribution in [0.25, 0.3) is 22.5 Å². The van der Waals surface area contributed by atoms with Gasteiger partial charge in [0.15, 0.2) is 5.58 Å². The molecule has 1 aliphatic rings. The Morgan fingerprint density at radius 3 is 2.79 bits per heavy atom. The quantitative estimate of drug-likeness (QED) is 0.254. The van der Waals surface area contributed by atoms with Crippen molar-refractivity contribution in [2.24, 2.45) is 4.99 Å². The Labute approximate surface area is 224 Å². The first kappa shape index (κ1) is 24.2. The van der Waals surface area contributed by atoms with Crippen LogP contribution in [0.1, 0.15) is 18.5 Å². The van der Waals surface area contributed by atoms with Gasteiger partial charge in [-0.3, -0.25) is 10.1 Å². The van der Waals surface area contributed by atoms with Crippen molar-refractivity contribution < 1.29 is 13.6 Å². The molecule has 4 N–H and O–H groups in total. The largest absolute Gasteiger partial charge is 0.423 e. The summed E-state index contributed by atoms with van der Waals surface area (Å²) < 4.78 is 19.2. The molecule has 14 heteroatoms. The molecule has 0 saturated heterocycles. The minimum atomic E-state index is -0.775. The second-order valence-electron chi connectivity index (χ2n) is 8.44. The van der Waals surface area contributed by atoms with E-state index in [0.29, 0.717) is 44.6 Å². The van der Waals surface area contributed by atoms with Crippen molar-refractivity contribution in [2.75, 3.05) is 10.6 Å². The lowest BCUT2D eigenvalue weighted by Gasteiger charge is -2.26. The minimum Gasteiger partial charge on any atom is -0.423 e. The molecule has 1 unspecified atom stereocenters. The summed E-state index contributed by atoms with van der Waals surface area (Å²) in [6.45, 7) is 1.74. The van der Waals surface area contributed by atoms with E-state index in [1.165, 1.54) is 24.4 Å². The predicted octanol–water partition coefficient (Wildman–Crippen LogP) is 4.22. The molecule has 39 heavy (non-hydrogen) atoms. The number of tetrazole rings is 1. The number of hydrogen-bond acceptors (Lipinski definition) is 10. The molecule has 0 aliphatic carbocycles. The zero-order valence-corrected chi connectivity index (χ0v) is 20.9. The molecule has 0 bridgehead atoms. The van der Waals surface area contributed by atoms with Crippen LogP contribution in [0.3, 0.4) is 0 Å². The normalized spacial score (nSPS) is 15.2. The van der Waals surface area contributed by atoms with E-state index in [2.05, 4.69) is 46.5 Å². The molecule has 1 aliphatic heterocycles. The number of nitrogens with one attached hydrogen (secondary N) is 4. The molecule has 5 aromatic rings. The standard InChI is InChI=1S/C25H18ClFN10O2/c1-12-20(23(38)31-19-9-6-13(11-28-19)22-34-36-37-35-22)21(15-4-2-3-5-16(15)26)32-24(29-12)33-25-30-17-8-7-14(27)10-18(17)39-25/h2-11,21H,1H3,(H,28,31,38)(H2,29,30,32,33)(H,34,35,36,37). The third kappa shape index (κ3) is 4.90. The maximum Gasteiger partial charge on any atom is 0.302 e. The van der Waals surface area contributed by atoms with Gasteiger partial charge >= 0.3 is 6.01 Å². The van der Waals surface area contributed by atoms with E-state index in [1.807, 2.05) is 6.07 Å². The number of carbonyl (C=O) groups is 1. The molecule has 2 aromatic carbocycles. The fraction of sp³-hybridized carbons (Fsp3) is 0.0800. The van der Waals surface area contributed by atoms with Gasteiger partial charge in [0, 0.05) is 34.1 Å². The number of benzene rings is 2. The van der Waals surface area contributed by atoms with Gasteiger partial charge in [0.25, 0.3) is 5.91 Å². The highest BCUT2D eigenvalue weighted by atomic mass is 35.5. The van der Waals surface area contributed by atoms with Gasteiger partial charge < -0.3 is 15.1 Å². The maximum atomic E-state index is 13.6. The van der Waals surface area contributed by atoms with Crippen molar-refractivity contribution in [2.45, 2.75) is 13.0 Å². The van der Waals surface area contributed by atoms with E-state index < -0.39 is 17.8 Å². The number of pyridine rings is 1. The van der Waals surface area contributed by atoms with Crippen molar-refractivity contribution >= 4 is 46.4 Å². The molecule has 12 nitrogen and oxygen atoms in total. The zero-order valence-electron chi connectivity index (χ0n) is 20.1. The summed E-state index contributed by atoms with van der Waals surface area (Å²) in [5.74, 6) is 0.101. The van der Waals surface area contributed by atoms with Crippen LogP contribution in [0.2, 0.25) is 5.02 Å². The first-order chi connectivity index (χ1) is 18.9. The van der Waals surface area contributed by atoms with Crippen LogP contribution in [-0.4, -0.2) is 42.5 Å². The summed E-state index contributed by atoms with van der Waals surface area (Å²) in [4.78, 5) is 26.8. The first-order valence-corrected chi connectivity index (χ1v) is 12.0. The number of allylic oxidation sites excluding steroid dienone is 1. The number of hydrogen-bond donors (Lipinski definition) is 4. The number of H-pyrrole nitrogens is 1. The topological polar surface area (TPSA) is 159 Å². The number of halogens is 2.